The monoisotopic (exact) mass is 355 g/mol. The molecule has 0 N–H and O–H groups in total. The van der Waals surface area contributed by atoms with E-state index in [1.54, 1.807) is 26.8 Å². The third-order valence-electron chi connectivity index (χ3n) is 3.12. The number of amides is 1. The number of carbonyl (C=O) groups is 2. The zero-order valence-electron chi connectivity index (χ0n) is 12.5. The largest absolute Gasteiger partial charge is 0.468 e. The molecule has 0 bridgehead atoms. The van der Waals surface area contributed by atoms with Crippen molar-refractivity contribution in [3.05, 3.63) is 28.2 Å². The molecule has 21 heavy (non-hydrogen) atoms. The standard InChI is InChI=1S/C15H18BrNO4/c1-15(2,3)21-14(19)17-8-11(13(18)20-4)10-7-9(16)5-6-12(10)17/h5-7,11H,8H2,1-4H3. The van der Waals surface area contributed by atoms with Crippen molar-refractivity contribution in [1.82, 2.24) is 0 Å². The first-order valence-corrected chi connectivity index (χ1v) is 7.40. The molecule has 1 unspecified atom stereocenters. The Bertz CT molecular complexity index is 580. The van der Waals surface area contributed by atoms with E-state index in [2.05, 4.69) is 15.9 Å². The number of fused-ring (bicyclic) bond motifs is 1. The lowest BCUT2D eigenvalue weighted by atomic mass is 10.0. The number of rotatable bonds is 1. The number of benzene rings is 1. The molecule has 1 aromatic rings. The van der Waals surface area contributed by atoms with Crippen LogP contribution in [0.5, 0.6) is 0 Å². The summed E-state index contributed by atoms with van der Waals surface area (Å²) in [5.41, 5.74) is 0.862. The quantitative estimate of drug-likeness (QED) is 0.723. The van der Waals surface area contributed by atoms with E-state index in [-0.39, 0.29) is 12.5 Å². The highest BCUT2D eigenvalue weighted by Gasteiger charge is 2.39. The number of nitrogens with zero attached hydrogens (tertiary/aromatic N) is 1. The molecule has 0 saturated heterocycles. The number of anilines is 1. The summed E-state index contributed by atoms with van der Waals surface area (Å²) in [5, 5.41) is 0. The Kier molecular flexibility index (Phi) is 4.27. The lowest BCUT2D eigenvalue weighted by Gasteiger charge is -2.25. The van der Waals surface area contributed by atoms with Gasteiger partial charge in [0, 0.05) is 11.0 Å². The molecule has 0 saturated carbocycles. The van der Waals surface area contributed by atoms with Gasteiger partial charge in [0.1, 0.15) is 11.5 Å². The van der Waals surface area contributed by atoms with Crippen LogP contribution in [-0.2, 0) is 14.3 Å². The van der Waals surface area contributed by atoms with Gasteiger partial charge in [0.25, 0.3) is 0 Å². The van der Waals surface area contributed by atoms with Gasteiger partial charge in [0.15, 0.2) is 0 Å². The summed E-state index contributed by atoms with van der Waals surface area (Å²) in [6, 6.07) is 5.46. The second kappa shape index (κ2) is 5.67. The molecule has 0 radical (unpaired) electrons. The summed E-state index contributed by atoms with van der Waals surface area (Å²) in [6.45, 7) is 5.65. The highest BCUT2D eigenvalue weighted by Crippen LogP contribution is 2.39. The highest BCUT2D eigenvalue weighted by atomic mass is 79.9. The lowest BCUT2D eigenvalue weighted by molar-refractivity contribution is -0.142. The second-order valence-corrected chi connectivity index (χ2v) is 6.79. The van der Waals surface area contributed by atoms with Crippen molar-refractivity contribution in [3.63, 3.8) is 0 Å². The minimum Gasteiger partial charge on any atom is -0.468 e. The van der Waals surface area contributed by atoms with E-state index < -0.39 is 17.6 Å². The molecule has 1 aliphatic rings. The molecule has 2 rings (SSSR count). The van der Waals surface area contributed by atoms with E-state index in [0.717, 1.165) is 10.0 Å². The summed E-state index contributed by atoms with van der Waals surface area (Å²) in [5.74, 6) is -0.851. The van der Waals surface area contributed by atoms with Crippen LogP contribution in [0.15, 0.2) is 22.7 Å². The van der Waals surface area contributed by atoms with Gasteiger partial charge in [-0.2, -0.15) is 0 Å². The maximum atomic E-state index is 12.3. The number of ether oxygens (including phenoxy) is 2. The van der Waals surface area contributed by atoms with Crippen LogP contribution < -0.4 is 4.90 Å². The Hall–Kier alpha value is -1.56. The molecule has 1 aromatic carbocycles. The SMILES string of the molecule is COC(=O)C1CN(C(=O)OC(C)(C)C)c2ccc(Br)cc21. The van der Waals surface area contributed by atoms with Crippen LogP contribution >= 0.6 is 15.9 Å². The Morgan fingerprint density at radius 1 is 1.33 bits per heavy atom. The van der Waals surface area contributed by atoms with E-state index in [4.69, 9.17) is 9.47 Å². The van der Waals surface area contributed by atoms with Crippen molar-refractivity contribution in [1.29, 1.82) is 0 Å². The van der Waals surface area contributed by atoms with E-state index in [9.17, 15) is 9.59 Å². The van der Waals surface area contributed by atoms with Gasteiger partial charge in [-0.3, -0.25) is 9.69 Å². The van der Waals surface area contributed by atoms with Crippen molar-refractivity contribution in [2.24, 2.45) is 0 Å². The fraction of sp³-hybridized carbons (Fsp3) is 0.467. The number of methoxy groups -OCH3 is 1. The van der Waals surface area contributed by atoms with Crippen LogP contribution in [0, 0.1) is 0 Å². The average molecular weight is 356 g/mol. The van der Waals surface area contributed by atoms with Crippen LogP contribution in [0.1, 0.15) is 32.3 Å². The Morgan fingerprint density at radius 2 is 2.00 bits per heavy atom. The normalized spacial score (nSPS) is 17.4. The van der Waals surface area contributed by atoms with Gasteiger partial charge < -0.3 is 9.47 Å². The molecule has 0 spiro atoms. The van der Waals surface area contributed by atoms with Crippen molar-refractivity contribution in [2.75, 3.05) is 18.6 Å². The molecule has 5 nitrogen and oxygen atoms in total. The minimum atomic E-state index is -0.587. The molecule has 1 aliphatic heterocycles. The van der Waals surface area contributed by atoms with Gasteiger partial charge in [-0.1, -0.05) is 15.9 Å². The van der Waals surface area contributed by atoms with Crippen molar-refractivity contribution in [3.8, 4) is 0 Å². The smallest absolute Gasteiger partial charge is 0.414 e. The zero-order chi connectivity index (χ0) is 15.8. The molecular formula is C15H18BrNO4. The maximum absolute atomic E-state index is 12.3. The highest BCUT2D eigenvalue weighted by molar-refractivity contribution is 9.10. The van der Waals surface area contributed by atoms with Gasteiger partial charge in [0.2, 0.25) is 0 Å². The van der Waals surface area contributed by atoms with E-state index in [1.165, 1.54) is 12.0 Å². The molecule has 0 aromatic heterocycles. The van der Waals surface area contributed by atoms with Crippen LogP contribution in [0.4, 0.5) is 10.5 Å². The third kappa shape index (κ3) is 3.37. The molecule has 114 valence electrons. The Labute approximate surface area is 132 Å². The number of carbonyl (C=O) groups excluding carboxylic acids is 2. The van der Waals surface area contributed by atoms with E-state index in [1.807, 2.05) is 12.1 Å². The summed E-state index contributed by atoms with van der Waals surface area (Å²) < 4.78 is 11.1. The number of esters is 1. The first kappa shape index (κ1) is 15.8. The fourth-order valence-electron chi connectivity index (χ4n) is 2.26. The zero-order valence-corrected chi connectivity index (χ0v) is 14.1. The topological polar surface area (TPSA) is 55.8 Å². The van der Waals surface area contributed by atoms with Crippen LogP contribution in [-0.4, -0.2) is 31.3 Å². The molecule has 1 heterocycles. The Morgan fingerprint density at radius 3 is 2.57 bits per heavy atom. The minimum absolute atomic E-state index is 0.230. The molecule has 0 fully saturated rings. The van der Waals surface area contributed by atoms with Gasteiger partial charge in [-0.05, 0) is 44.5 Å². The predicted octanol–water partition coefficient (Wildman–Crippen LogP) is 3.46. The van der Waals surface area contributed by atoms with Crippen LogP contribution in [0.3, 0.4) is 0 Å². The lowest BCUT2D eigenvalue weighted by Crippen LogP contribution is -2.37. The molecular weight excluding hydrogens is 338 g/mol. The van der Waals surface area contributed by atoms with Gasteiger partial charge in [-0.15, -0.1) is 0 Å². The fourth-order valence-corrected chi connectivity index (χ4v) is 2.64. The number of hydrogen-bond donors (Lipinski definition) is 0. The van der Waals surface area contributed by atoms with E-state index >= 15 is 0 Å². The first-order valence-electron chi connectivity index (χ1n) is 6.60. The summed E-state index contributed by atoms with van der Waals surface area (Å²) >= 11 is 3.38. The molecule has 1 atom stereocenters. The van der Waals surface area contributed by atoms with Gasteiger partial charge in [0.05, 0.1) is 12.8 Å². The first-order chi connectivity index (χ1) is 9.73. The number of halogens is 1. The van der Waals surface area contributed by atoms with Crippen molar-refractivity contribution >= 4 is 33.7 Å². The van der Waals surface area contributed by atoms with Crippen LogP contribution in [0.25, 0.3) is 0 Å². The van der Waals surface area contributed by atoms with Crippen molar-refractivity contribution < 1.29 is 19.1 Å². The van der Waals surface area contributed by atoms with Gasteiger partial charge >= 0.3 is 12.1 Å². The van der Waals surface area contributed by atoms with Crippen LogP contribution in [0.2, 0.25) is 0 Å². The third-order valence-corrected chi connectivity index (χ3v) is 3.61. The Balaban J connectivity index is 2.35. The molecule has 6 heteroatoms. The summed E-state index contributed by atoms with van der Waals surface area (Å²) in [6.07, 6.45) is -0.461. The predicted molar refractivity (Wildman–Crippen MR) is 82.5 cm³/mol. The summed E-state index contributed by atoms with van der Waals surface area (Å²) in [4.78, 5) is 25.7. The molecule has 1 amide bonds. The number of hydrogen-bond acceptors (Lipinski definition) is 4. The van der Waals surface area contributed by atoms with E-state index in [0.29, 0.717) is 5.69 Å². The second-order valence-electron chi connectivity index (χ2n) is 5.87. The van der Waals surface area contributed by atoms with Crippen molar-refractivity contribution in [2.45, 2.75) is 32.3 Å². The molecule has 0 aliphatic carbocycles. The maximum Gasteiger partial charge on any atom is 0.414 e. The average Bonchev–Trinajstić information content (AvgIpc) is 2.74. The van der Waals surface area contributed by atoms with Gasteiger partial charge in [-0.25, -0.2) is 4.79 Å². The summed E-state index contributed by atoms with van der Waals surface area (Å²) in [7, 11) is 1.34.